The van der Waals surface area contributed by atoms with Crippen LogP contribution in [0.4, 0.5) is 0 Å². The summed E-state index contributed by atoms with van der Waals surface area (Å²) in [7, 11) is 1.39. The van der Waals surface area contributed by atoms with Crippen LogP contribution >= 0.6 is 0 Å². The van der Waals surface area contributed by atoms with Crippen LogP contribution in [0.25, 0.3) is 0 Å². The van der Waals surface area contributed by atoms with Crippen LogP contribution in [-0.2, 0) is 20.8 Å². The largest absolute Gasteiger partial charge is 0.496 e. The zero-order chi connectivity index (χ0) is 22.3. The van der Waals surface area contributed by atoms with Crippen molar-refractivity contribution in [1.82, 2.24) is 0 Å². The summed E-state index contributed by atoms with van der Waals surface area (Å²) in [6, 6.07) is 9.50. The lowest BCUT2D eigenvalue weighted by Crippen LogP contribution is -2.13. The normalized spacial score (nSPS) is 10.1. The molecule has 0 aliphatic heterocycles. The van der Waals surface area contributed by atoms with Gasteiger partial charge >= 0.3 is 17.9 Å². The van der Waals surface area contributed by atoms with Gasteiger partial charge in [-0.2, -0.15) is 0 Å². The summed E-state index contributed by atoms with van der Waals surface area (Å²) in [5, 5.41) is 0. The van der Waals surface area contributed by atoms with Gasteiger partial charge in [-0.15, -0.1) is 0 Å². The van der Waals surface area contributed by atoms with E-state index in [-0.39, 0.29) is 35.0 Å². The van der Waals surface area contributed by atoms with E-state index in [0.717, 1.165) is 5.56 Å². The summed E-state index contributed by atoms with van der Waals surface area (Å²) in [4.78, 5) is 46.9. The lowest BCUT2D eigenvalue weighted by molar-refractivity contribution is -0.133. The van der Waals surface area contributed by atoms with Gasteiger partial charge in [0, 0.05) is 39.3 Å². The highest BCUT2D eigenvalue weighted by Crippen LogP contribution is 2.36. The number of hydrogen-bond donors (Lipinski definition) is 0. The smallest absolute Gasteiger partial charge is 0.308 e. The summed E-state index contributed by atoms with van der Waals surface area (Å²) < 4.78 is 20.4. The highest BCUT2D eigenvalue weighted by Gasteiger charge is 2.23. The second-order valence-corrected chi connectivity index (χ2v) is 6.35. The van der Waals surface area contributed by atoms with Crippen molar-refractivity contribution in [2.45, 2.75) is 33.6 Å². The Morgan fingerprint density at radius 1 is 0.733 bits per heavy atom. The first-order valence-electron chi connectivity index (χ1n) is 9.09. The zero-order valence-corrected chi connectivity index (χ0v) is 17.1. The minimum atomic E-state index is -0.632. The minimum Gasteiger partial charge on any atom is -0.496 e. The highest BCUT2D eigenvalue weighted by molar-refractivity contribution is 6.02. The summed E-state index contributed by atoms with van der Waals surface area (Å²) in [6.45, 7) is 3.71. The second-order valence-electron chi connectivity index (χ2n) is 6.35. The maximum absolute atomic E-state index is 12.9. The van der Waals surface area contributed by atoms with E-state index < -0.39 is 17.9 Å². The van der Waals surface area contributed by atoms with Crippen LogP contribution in [0.5, 0.6) is 23.0 Å². The molecule has 0 amide bonds. The van der Waals surface area contributed by atoms with Gasteiger partial charge in [0.25, 0.3) is 0 Å². The van der Waals surface area contributed by atoms with Crippen LogP contribution in [0.2, 0.25) is 0 Å². The topological polar surface area (TPSA) is 105 Å². The number of carbonyl (C=O) groups is 4. The fraction of sp³-hybridized carbons (Fsp3) is 0.273. The molecule has 0 bridgehead atoms. The molecule has 8 heteroatoms. The van der Waals surface area contributed by atoms with E-state index in [4.69, 9.17) is 18.9 Å². The van der Waals surface area contributed by atoms with Crippen molar-refractivity contribution in [2.24, 2.45) is 0 Å². The number of rotatable bonds is 8. The number of methoxy groups -OCH3 is 1. The Bertz CT molecular complexity index is 923. The van der Waals surface area contributed by atoms with Crippen LogP contribution in [0.3, 0.4) is 0 Å². The van der Waals surface area contributed by atoms with Gasteiger partial charge in [-0.1, -0.05) is 12.1 Å². The van der Waals surface area contributed by atoms with Gasteiger partial charge < -0.3 is 18.9 Å². The molecule has 2 aromatic carbocycles. The SMILES string of the molecule is COc1cc(OC(C)=O)c(C(=O)CCc2ccc(OC(C)=O)cc2)c(OC(C)=O)c1. The molecule has 0 atom stereocenters. The van der Waals surface area contributed by atoms with Crippen LogP contribution in [-0.4, -0.2) is 30.8 Å². The number of ether oxygens (including phenoxy) is 4. The summed E-state index contributed by atoms with van der Waals surface area (Å²) in [5.74, 6) is -1.49. The monoisotopic (exact) mass is 414 g/mol. The first-order valence-corrected chi connectivity index (χ1v) is 9.09. The van der Waals surface area contributed by atoms with Crippen molar-refractivity contribution in [2.75, 3.05) is 7.11 Å². The van der Waals surface area contributed by atoms with Crippen molar-refractivity contribution in [3.63, 3.8) is 0 Å². The molecular weight excluding hydrogens is 392 g/mol. The highest BCUT2D eigenvalue weighted by atomic mass is 16.5. The Labute approximate surface area is 173 Å². The summed E-state index contributed by atoms with van der Waals surface area (Å²) in [6.07, 6.45) is 0.423. The number of carbonyl (C=O) groups excluding carboxylic acids is 4. The van der Waals surface area contributed by atoms with Crippen LogP contribution in [0, 0.1) is 0 Å². The molecule has 0 heterocycles. The molecule has 2 aromatic rings. The molecule has 2 rings (SSSR count). The fourth-order valence-electron chi connectivity index (χ4n) is 2.70. The van der Waals surface area contributed by atoms with Crippen LogP contribution in [0.1, 0.15) is 43.1 Å². The van der Waals surface area contributed by atoms with Gasteiger partial charge in [0.05, 0.1) is 7.11 Å². The van der Waals surface area contributed by atoms with Crippen molar-refractivity contribution in [3.8, 4) is 23.0 Å². The molecule has 0 aliphatic carbocycles. The second kappa shape index (κ2) is 10.2. The zero-order valence-electron chi connectivity index (χ0n) is 17.1. The lowest BCUT2D eigenvalue weighted by atomic mass is 10.0. The van der Waals surface area contributed by atoms with E-state index in [1.54, 1.807) is 24.3 Å². The molecule has 0 aliphatic rings. The Morgan fingerprint density at radius 2 is 1.23 bits per heavy atom. The van der Waals surface area contributed by atoms with Gasteiger partial charge in [0.2, 0.25) is 0 Å². The number of benzene rings is 2. The summed E-state index contributed by atoms with van der Waals surface area (Å²) >= 11 is 0. The lowest BCUT2D eigenvalue weighted by Gasteiger charge is -2.15. The van der Waals surface area contributed by atoms with Gasteiger partial charge in [0.15, 0.2) is 5.78 Å². The molecule has 0 aromatic heterocycles. The average Bonchev–Trinajstić information content (AvgIpc) is 2.65. The number of ketones is 1. The van der Waals surface area contributed by atoms with E-state index >= 15 is 0 Å². The molecular formula is C22H22O8. The Kier molecular flexibility index (Phi) is 7.69. The Hall–Kier alpha value is -3.68. The number of hydrogen-bond acceptors (Lipinski definition) is 8. The fourth-order valence-corrected chi connectivity index (χ4v) is 2.70. The molecule has 8 nitrogen and oxygen atoms in total. The molecule has 0 saturated heterocycles. The molecule has 0 spiro atoms. The maximum atomic E-state index is 12.9. The molecule has 0 fully saturated rings. The predicted octanol–water partition coefficient (Wildman–Crippen LogP) is 3.29. The van der Waals surface area contributed by atoms with Gasteiger partial charge in [-0.3, -0.25) is 19.2 Å². The molecule has 158 valence electrons. The minimum absolute atomic E-state index is 0.0160. The van der Waals surface area contributed by atoms with Crippen molar-refractivity contribution in [1.29, 1.82) is 0 Å². The number of esters is 3. The van der Waals surface area contributed by atoms with Gasteiger partial charge in [-0.05, 0) is 24.1 Å². The van der Waals surface area contributed by atoms with Crippen LogP contribution in [0.15, 0.2) is 36.4 Å². The van der Waals surface area contributed by atoms with E-state index in [9.17, 15) is 19.2 Å². The molecule has 0 radical (unpaired) electrons. The van der Waals surface area contributed by atoms with E-state index in [0.29, 0.717) is 12.2 Å². The molecule has 0 saturated carbocycles. The first-order chi connectivity index (χ1) is 14.2. The third kappa shape index (κ3) is 6.44. The van der Waals surface area contributed by atoms with E-state index in [2.05, 4.69) is 0 Å². The third-order valence-electron chi connectivity index (χ3n) is 3.89. The quantitative estimate of drug-likeness (QED) is 0.368. The van der Waals surface area contributed by atoms with Gasteiger partial charge in [0.1, 0.15) is 28.6 Å². The first kappa shape index (κ1) is 22.6. The summed E-state index contributed by atoms with van der Waals surface area (Å²) in [5.41, 5.74) is 0.813. The predicted molar refractivity (Wildman–Crippen MR) is 106 cm³/mol. The van der Waals surface area contributed by atoms with Crippen molar-refractivity contribution in [3.05, 3.63) is 47.5 Å². The average molecular weight is 414 g/mol. The maximum Gasteiger partial charge on any atom is 0.308 e. The van der Waals surface area contributed by atoms with Crippen molar-refractivity contribution >= 4 is 23.7 Å². The van der Waals surface area contributed by atoms with Crippen LogP contribution < -0.4 is 18.9 Å². The van der Waals surface area contributed by atoms with E-state index in [1.807, 2.05) is 0 Å². The Morgan fingerprint density at radius 3 is 1.67 bits per heavy atom. The number of Topliss-reactive ketones (excluding diaryl/α,β-unsaturated/α-hetero) is 1. The third-order valence-corrected chi connectivity index (χ3v) is 3.89. The van der Waals surface area contributed by atoms with Gasteiger partial charge in [-0.25, -0.2) is 0 Å². The standard InChI is InChI=1S/C22H22O8/c1-13(23)28-17-8-5-16(6-9-17)7-10-19(26)22-20(29-14(2)24)11-18(27-4)12-21(22)30-15(3)25/h5-6,8-9,11-12H,7,10H2,1-4H3. The Balaban J connectivity index is 2.28. The van der Waals surface area contributed by atoms with Crippen molar-refractivity contribution < 1.29 is 38.1 Å². The van der Waals surface area contributed by atoms with E-state index in [1.165, 1.54) is 40.0 Å². The molecule has 30 heavy (non-hydrogen) atoms. The molecule has 0 N–H and O–H groups in total. The number of aryl methyl sites for hydroxylation is 1. The molecule has 0 unspecified atom stereocenters.